The maximum atomic E-state index is 13.2. The van der Waals surface area contributed by atoms with Gasteiger partial charge in [0.15, 0.2) is 6.10 Å². The molecule has 4 aromatic carbocycles. The zero-order valence-electron chi connectivity index (χ0n) is 17.3. The minimum absolute atomic E-state index is 0.262. The highest BCUT2D eigenvalue weighted by atomic mass is 16.5. The third kappa shape index (κ3) is 3.59. The first-order chi connectivity index (χ1) is 15.2. The van der Waals surface area contributed by atoms with E-state index in [9.17, 15) is 4.79 Å². The third-order valence-corrected chi connectivity index (χ3v) is 5.86. The molecule has 0 unspecified atom stereocenters. The first-order valence-corrected chi connectivity index (χ1v) is 10.5. The number of nitrogens with zero attached hydrogens (tertiary/aromatic N) is 1. The minimum Gasteiger partial charge on any atom is -0.451 e. The van der Waals surface area contributed by atoms with E-state index in [4.69, 9.17) is 4.74 Å². The molecule has 0 spiro atoms. The number of fused-ring (bicyclic) bond motifs is 2. The number of esters is 1. The Balaban J connectivity index is 1.66. The van der Waals surface area contributed by atoms with Gasteiger partial charge in [-0.1, -0.05) is 84.9 Å². The minimum atomic E-state index is -0.511. The van der Waals surface area contributed by atoms with Crippen molar-refractivity contribution in [2.75, 3.05) is 0 Å². The van der Waals surface area contributed by atoms with E-state index in [1.54, 1.807) is 0 Å². The van der Waals surface area contributed by atoms with E-state index in [2.05, 4.69) is 48.5 Å². The lowest BCUT2D eigenvalue weighted by molar-refractivity contribution is -0.151. The van der Waals surface area contributed by atoms with Gasteiger partial charge in [0.25, 0.3) is 0 Å². The molecule has 0 saturated heterocycles. The number of ether oxygens (including phenoxy) is 1. The quantitative estimate of drug-likeness (QED) is 0.305. The highest BCUT2D eigenvalue weighted by Crippen LogP contribution is 2.36. The maximum absolute atomic E-state index is 13.2. The Kier molecular flexibility index (Phi) is 5.01. The van der Waals surface area contributed by atoms with Crippen LogP contribution in [-0.2, 0) is 9.53 Å². The molecule has 0 aliphatic heterocycles. The second-order valence-electron chi connectivity index (χ2n) is 7.76. The number of rotatable bonds is 5. The molecule has 5 rings (SSSR count). The van der Waals surface area contributed by atoms with E-state index >= 15 is 0 Å². The maximum Gasteiger partial charge on any atom is 0.329 e. The largest absolute Gasteiger partial charge is 0.451 e. The van der Waals surface area contributed by atoms with Gasteiger partial charge < -0.3 is 9.30 Å². The summed E-state index contributed by atoms with van der Waals surface area (Å²) in [5.74, 6) is -0.262. The SMILES string of the molecule is C[C@H](C(=O)OC(c1cccc2ccccc12)c1cccc2ccccc12)n1cccc1. The molecule has 31 heavy (non-hydrogen) atoms. The molecule has 5 aromatic rings. The Bertz CT molecular complexity index is 1260. The number of benzene rings is 4. The predicted molar refractivity (Wildman–Crippen MR) is 125 cm³/mol. The van der Waals surface area contributed by atoms with E-state index in [0.717, 1.165) is 32.7 Å². The summed E-state index contributed by atoms with van der Waals surface area (Å²) in [5.41, 5.74) is 1.98. The van der Waals surface area contributed by atoms with Gasteiger partial charge in [0, 0.05) is 23.5 Å². The molecule has 152 valence electrons. The van der Waals surface area contributed by atoms with E-state index < -0.39 is 12.1 Å². The van der Waals surface area contributed by atoms with Gasteiger partial charge in [0.05, 0.1) is 0 Å². The zero-order valence-corrected chi connectivity index (χ0v) is 17.3. The van der Waals surface area contributed by atoms with Crippen LogP contribution in [0.3, 0.4) is 0 Å². The Labute approximate surface area is 181 Å². The molecule has 1 aromatic heterocycles. The monoisotopic (exact) mass is 405 g/mol. The highest BCUT2D eigenvalue weighted by Gasteiger charge is 2.26. The van der Waals surface area contributed by atoms with E-state index in [1.807, 2.05) is 72.4 Å². The van der Waals surface area contributed by atoms with Crippen molar-refractivity contribution in [3.8, 4) is 0 Å². The van der Waals surface area contributed by atoms with Crippen molar-refractivity contribution >= 4 is 27.5 Å². The van der Waals surface area contributed by atoms with Crippen molar-refractivity contribution in [3.05, 3.63) is 121 Å². The molecule has 0 aliphatic rings. The zero-order chi connectivity index (χ0) is 21.2. The summed E-state index contributed by atoms with van der Waals surface area (Å²) < 4.78 is 8.13. The molecular weight excluding hydrogens is 382 g/mol. The molecule has 1 atom stereocenters. The predicted octanol–water partition coefficient (Wildman–Crippen LogP) is 6.69. The van der Waals surface area contributed by atoms with Crippen LogP contribution in [0.5, 0.6) is 0 Å². The molecule has 1 heterocycles. The first-order valence-electron chi connectivity index (χ1n) is 10.5. The summed E-state index contributed by atoms with van der Waals surface area (Å²) in [5, 5.41) is 4.42. The molecule has 0 radical (unpaired) electrons. The normalized spacial score (nSPS) is 12.3. The fourth-order valence-electron chi connectivity index (χ4n) is 4.20. The van der Waals surface area contributed by atoms with Crippen LogP contribution in [0.4, 0.5) is 0 Å². The fraction of sp³-hybridized carbons (Fsp3) is 0.107. The Hall–Kier alpha value is -3.85. The Morgan fingerprint density at radius 2 is 1.16 bits per heavy atom. The number of hydrogen-bond donors (Lipinski definition) is 0. The van der Waals surface area contributed by atoms with Crippen molar-refractivity contribution in [2.45, 2.75) is 19.1 Å². The van der Waals surface area contributed by atoms with Gasteiger partial charge >= 0.3 is 5.97 Å². The lowest BCUT2D eigenvalue weighted by atomic mass is 9.92. The van der Waals surface area contributed by atoms with Crippen molar-refractivity contribution in [2.24, 2.45) is 0 Å². The highest BCUT2D eigenvalue weighted by molar-refractivity contribution is 5.90. The van der Waals surface area contributed by atoms with Gasteiger partial charge in [0.2, 0.25) is 0 Å². The van der Waals surface area contributed by atoms with Crippen LogP contribution >= 0.6 is 0 Å². The van der Waals surface area contributed by atoms with Crippen molar-refractivity contribution in [3.63, 3.8) is 0 Å². The second kappa shape index (κ2) is 8.11. The lowest BCUT2D eigenvalue weighted by Gasteiger charge is -2.24. The molecule has 0 aliphatic carbocycles. The smallest absolute Gasteiger partial charge is 0.329 e. The van der Waals surface area contributed by atoms with Crippen LogP contribution < -0.4 is 0 Å². The Morgan fingerprint density at radius 3 is 1.71 bits per heavy atom. The topological polar surface area (TPSA) is 31.2 Å². The molecule has 3 heteroatoms. The molecule has 0 fully saturated rings. The number of hydrogen-bond acceptors (Lipinski definition) is 2. The summed E-state index contributed by atoms with van der Waals surface area (Å²) in [6, 6.07) is 32.2. The molecule has 0 bridgehead atoms. The van der Waals surface area contributed by atoms with E-state index in [1.165, 1.54) is 0 Å². The fourth-order valence-corrected chi connectivity index (χ4v) is 4.20. The van der Waals surface area contributed by atoms with Crippen molar-refractivity contribution < 1.29 is 9.53 Å². The average molecular weight is 405 g/mol. The average Bonchev–Trinajstić information content (AvgIpc) is 3.36. The standard InChI is InChI=1S/C28H23NO2/c1-20(29-18-6-7-19-29)28(30)31-27(25-16-8-12-21-10-2-4-14-23(21)25)26-17-9-13-22-11-3-5-15-24(22)26/h2-20,27H,1H3/t20-/m1/s1. The van der Waals surface area contributed by atoms with E-state index in [0.29, 0.717) is 0 Å². The van der Waals surface area contributed by atoms with Crippen LogP contribution in [-0.4, -0.2) is 10.5 Å². The molecule has 0 amide bonds. The van der Waals surface area contributed by atoms with Gasteiger partial charge in [-0.15, -0.1) is 0 Å². The summed E-state index contributed by atoms with van der Waals surface area (Å²) in [4.78, 5) is 13.2. The first kappa shape index (κ1) is 19.1. The van der Waals surface area contributed by atoms with Crippen LogP contribution in [0.1, 0.15) is 30.2 Å². The van der Waals surface area contributed by atoms with Gasteiger partial charge in [0.1, 0.15) is 6.04 Å². The molecule has 0 saturated carbocycles. The molecule has 3 nitrogen and oxygen atoms in total. The number of carbonyl (C=O) groups excluding carboxylic acids is 1. The lowest BCUT2D eigenvalue weighted by Crippen LogP contribution is -2.21. The summed E-state index contributed by atoms with van der Waals surface area (Å²) in [6.07, 6.45) is 3.26. The number of carbonyl (C=O) groups is 1. The third-order valence-electron chi connectivity index (χ3n) is 5.86. The Morgan fingerprint density at radius 1 is 0.677 bits per heavy atom. The van der Waals surface area contributed by atoms with Crippen LogP contribution in [0.15, 0.2) is 109 Å². The van der Waals surface area contributed by atoms with Crippen molar-refractivity contribution in [1.82, 2.24) is 4.57 Å². The summed E-state index contributed by atoms with van der Waals surface area (Å²) in [6.45, 7) is 1.87. The number of aromatic nitrogens is 1. The van der Waals surface area contributed by atoms with Gasteiger partial charge in [-0.3, -0.25) is 0 Å². The van der Waals surface area contributed by atoms with Crippen LogP contribution in [0.25, 0.3) is 21.5 Å². The van der Waals surface area contributed by atoms with Crippen LogP contribution in [0, 0.1) is 0 Å². The summed E-state index contributed by atoms with van der Waals surface area (Å²) >= 11 is 0. The second-order valence-corrected chi connectivity index (χ2v) is 7.76. The molecule has 0 N–H and O–H groups in total. The van der Waals surface area contributed by atoms with Gasteiger partial charge in [-0.25, -0.2) is 4.79 Å². The summed E-state index contributed by atoms with van der Waals surface area (Å²) in [7, 11) is 0. The van der Waals surface area contributed by atoms with Crippen molar-refractivity contribution in [1.29, 1.82) is 0 Å². The van der Waals surface area contributed by atoms with Crippen LogP contribution in [0.2, 0.25) is 0 Å². The van der Waals surface area contributed by atoms with Gasteiger partial charge in [-0.2, -0.15) is 0 Å². The van der Waals surface area contributed by atoms with E-state index in [-0.39, 0.29) is 5.97 Å². The van der Waals surface area contributed by atoms with Gasteiger partial charge in [-0.05, 0) is 40.6 Å². The molecular formula is C28H23NO2.